The Balaban J connectivity index is 0.00000408. The van der Waals surface area contributed by atoms with Crippen LogP contribution >= 0.6 is 12.4 Å². The number of halogens is 1. The molecule has 1 aromatic carbocycles. The summed E-state index contributed by atoms with van der Waals surface area (Å²) in [5.41, 5.74) is 3.84. The number of phenolic OH excluding ortho intramolecular Hbond substituents is 1. The summed E-state index contributed by atoms with van der Waals surface area (Å²) in [7, 11) is 1.66. The molecule has 2 aromatic rings. The van der Waals surface area contributed by atoms with Gasteiger partial charge >= 0.3 is 0 Å². The van der Waals surface area contributed by atoms with E-state index >= 15 is 0 Å². The lowest BCUT2D eigenvalue weighted by Crippen LogP contribution is -2.31. The minimum Gasteiger partial charge on any atom is -0.507 e. The number of carbonyl (C=O) groups is 2. The van der Waals surface area contributed by atoms with Crippen molar-refractivity contribution in [1.82, 2.24) is 14.8 Å². The molecule has 0 atom stereocenters. The maximum atomic E-state index is 13.3. The van der Waals surface area contributed by atoms with E-state index in [0.29, 0.717) is 28.9 Å². The van der Waals surface area contributed by atoms with E-state index in [1.165, 1.54) is 11.8 Å². The fourth-order valence-corrected chi connectivity index (χ4v) is 4.01. The van der Waals surface area contributed by atoms with E-state index in [4.69, 9.17) is 5.41 Å². The lowest BCUT2D eigenvalue weighted by molar-refractivity contribution is -0.128. The van der Waals surface area contributed by atoms with Crippen molar-refractivity contribution in [2.45, 2.75) is 66.0 Å². The minimum atomic E-state index is -0.389. The number of nitrogens with one attached hydrogen (secondary N) is 1. The average molecular weight is 487 g/mol. The number of nitrogens with zero attached hydrogens (tertiary/aromatic N) is 3. The summed E-state index contributed by atoms with van der Waals surface area (Å²) in [5.74, 6) is 0.115. The second-order valence-corrected chi connectivity index (χ2v) is 9.84. The van der Waals surface area contributed by atoms with Crippen LogP contribution in [0, 0.1) is 5.41 Å². The minimum absolute atomic E-state index is 0. The number of benzene rings is 1. The Labute approximate surface area is 208 Å². The number of hydrogen-bond donors (Lipinski definition) is 2. The normalized spacial score (nSPS) is 12.9. The van der Waals surface area contributed by atoms with Crippen LogP contribution in [0.5, 0.6) is 5.75 Å². The van der Waals surface area contributed by atoms with E-state index in [2.05, 4.69) is 11.9 Å². The molecule has 3 rings (SSSR count). The first kappa shape index (κ1) is 27.3. The molecule has 1 amide bonds. The van der Waals surface area contributed by atoms with Gasteiger partial charge in [-0.05, 0) is 30.0 Å². The van der Waals surface area contributed by atoms with Gasteiger partial charge in [-0.2, -0.15) is 0 Å². The fourth-order valence-electron chi connectivity index (χ4n) is 4.01. The van der Waals surface area contributed by atoms with Gasteiger partial charge in [-0.15, -0.1) is 12.4 Å². The molecule has 0 radical (unpaired) electrons. The number of aryl methyl sites for hydroxylation is 1. The van der Waals surface area contributed by atoms with E-state index in [1.807, 2.05) is 32.9 Å². The van der Waals surface area contributed by atoms with Crippen LogP contribution in [0.4, 0.5) is 0 Å². The van der Waals surface area contributed by atoms with Crippen LogP contribution in [0.15, 0.2) is 24.3 Å². The Hall–Kier alpha value is -2.93. The van der Waals surface area contributed by atoms with E-state index in [0.717, 1.165) is 24.1 Å². The first-order chi connectivity index (χ1) is 15.4. The van der Waals surface area contributed by atoms with Crippen LogP contribution < -0.4 is 0 Å². The third kappa shape index (κ3) is 5.76. The van der Waals surface area contributed by atoms with Crippen LogP contribution in [-0.2, 0) is 29.7 Å². The van der Waals surface area contributed by atoms with Crippen molar-refractivity contribution in [3.63, 3.8) is 0 Å². The van der Waals surface area contributed by atoms with Crippen LogP contribution in [0.1, 0.15) is 79.5 Å². The molecule has 34 heavy (non-hydrogen) atoms. The second kappa shape index (κ2) is 10.6. The largest absolute Gasteiger partial charge is 0.507 e. The zero-order valence-corrected chi connectivity index (χ0v) is 21.7. The molecule has 0 aliphatic carbocycles. The number of carbonyl (C=O) groups excluding carboxylic acids is 2. The number of ketones is 1. The number of amides is 1. The van der Waals surface area contributed by atoms with Crippen molar-refractivity contribution >= 4 is 29.9 Å². The van der Waals surface area contributed by atoms with Gasteiger partial charge in [0.05, 0.1) is 6.54 Å². The summed E-state index contributed by atoms with van der Waals surface area (Å²) < 4.78 is 0. The number of amidine groups is 1. The van der Waals surface area contributed by atoms with Gasteiger partial charge in [0, 0.05) is 55.0 Å². The number of pyridine rings is 1. The van der Waals surface area contributed by atoms with Crippen LogP contribution in [0.25, 0.3) is 0 Å². The van der Waals surface area contributed by atoms with Gasteiger partial charge in [-0.3, -0.25) is 15.0 Å². The number of aromatic nitrogens is 1. The lowest BCUT2D eigenvalue weighted by Gasteiger charge is -2.25. The van der Waals surface area contributed by atoms with Gasteiger partial charge in [-0.25, -0.2) is 4.98 Å². The molecule has 2 heterocycles. The highest BCUT2D eigenvalue weighted by molar-refractivity contribution is 6.04. The van der Waals surface area contributed by atoms with Crippen LogP contribution in [0.2, 0.25) is 0 Å². The molecule has 1 aliphatic heterocycles. The standard InChI is InChI=1S/C26H34N4O3.ClH/c1-7-8-20-10-9-17-14-30(25(27)23(17)28-20)15-22(32)18-11-19(13-29(6)16(2)31)24(33)21(12-18)26(3,4)5;/h9-12,27,33H,7-8,13-15H2,1-6H3;1H. The van der Waals surface area contributed by atoms with Crippen molar-refractivity contribution in [3.8, 4) is 5.75 Å². The average Bonchev–Trinajstić information content (AvgIpc) is 3.03. The summed E-state index contributed by atoms with van der Waals surface area (Å²) in [4.78, 5) is 32.9. The molecule has 7 nitrogen and oxygen atoms in total. The lowest BCUT2D eigenvalue weighted by atomic mass is 9.83. The zero-order chi connectivity index (χ0) is 24.5. The third-order valence-corrected chi connectivity index (χ3v) is 6.04. The highest BCUT2D eigenvalue weighted by atomic mass is 35.5. The molecule has 184 valence electrons. The Morgan fingerprint density at radius 2 is 1.91 bits per heavy atom. The summed E-state index contributed by atoms with van der Waals surface area (Å²) in [6.07, 6.45) is 1.85. The maximum absolute atomic E-state index is 13.3. The molecule has 0 bridgehead atoms. The highest BCUT2D eigenvalue weighted by Gasteiger charge is 2.29. The molecule has 0 saturated carbocycles. The topological polar surface area (TPSA) is 97.6 Å². The van der Waals surface area contributed by atoms with E-state index in [-0.39, 0.29) is 54.2 Å². The maximum Gasteiger partial charge on any atom is 0.219 e. The zero-order valence-electron chi connectivity index (χ0n) is 20.9. The molecule has 0 unspecified atom stereocenters. The number of hydrogen-bond acceptors (Lipinski definition) is 5. The summed E-state index contributed by atoms with van der Waals surface area (Å²) in [5, 5.41) is 19.4. The molecule has 1 aliphatic rings. The molecular formula is C26H35ClN4O3. The SMILES string of the molecule is CCCc1ccc2c(n1)C(=N)N(CC(=O)c1cc(CN(C)C(C)=O)c(O)c(C(C)(C)C)c1)C2.Cl. The first-order valence-corrected chi connectivity index (χ1v) is 11.4. The van der Waals surface area contributed by atoms with Crippen molar-refractivity contribution in [2.75, 3.05) is 13.6 Å². The summed E-state index contributed by atoms with van der Waals surface area (Å²) in [6.45, 7) is 10.2. The smallest absolute Gasteiger partial charge is 0.219 e. The predicted molar refractivity (Wildman–Crippen MR) is 136 cm³/mol. The van der Waals surface area contributed by atoms with Crippen molar-refractivity contribution in [3.05, 3.63) is 57.9 Å². The third-order valence-electron chi connectivity index (χ3n) is 6.04. The van der Waals surface area contributed by atoms with E-state index in [9.17, 15) is 14.7 Å². The molecule has 8 heteroatoms. The number of rotatable bonds is 7. The monoisotopic (exact) mass is 486 g/mol. The van der Waals surface area contributed by atoms with Crippen molar-refractivity contribution in [1.29, 1.82) is 5.41 Å². The Bertz CT molecular complexity index is 1110. The van der Waals surface area contributed by atoms with E-state index in [1.54, 1.807) is 24.1 Å². The summed E-state index contributed by atoms with van der Waals surface area (Å²) in [6, 6.07) is 7.39. The predicted octanol–water partition coefficient (Wildman–Crippen LogP) is 4.46. The highest BCUT2D eigenvalue weighted by Crippen LogP contribution is 2.35. The van der Waals surface area contributed by atoms with Gasteiger partial charge < -0.3 is 14.9 Å². The van der Waals surface area contributed by atoms with Gasteiger partial charge in [-0.1, -0.05) is 40.2 Å². The number of aromatic hydroxyl groups is 1. The number of fused-ring (bicyclic) bond motifs is 1. The van der Waals surface area contributed by atoms with E-state index < -0.39 is 0 Å². The first-order valence-electron chi connectivity index (χ1n) is 11.4. The fraction of sp³-hybridized carbons (Fsp3) is 0.462. The Morgan fingerprint density at radius 3 is 2.50 bits per heavy atom. The molecule has 0 saturated heterocycles. The van der Waals surface area contributed by atoms with Gasteiger partial charge in [0.1, 0.15) is 17.3 Å². The summed E-state index contributed by atoms with van der Waals surface area (Å²) >= 11 is 0. The molecule has 1 aromatic heterocycles. The molecule has 0 fully saturated rings. The number of phenols is 1. The number of Topliss-reactive ketones (excluding diaryl/α,β-unsaturated/α-hetero) is 1. The van der Waals surface area contributed by atoms with Gasteiger partial charge in [0.15, 0.2) is 5.78 Å². The molecule has 2 N–H and O–H groups in total. The van der Waals surface area contributed by atoms with Gasteiger partial charge in [0.2, 0.25) is 5.91 Å². The molecule has 0 spiro atoms. The van der Waals surface area contributed by atoms with Crippen molar-refractivity contribution < 1.29 is 14.7 Å². The second-order valence-electron chi connectivity index (χ2n) is 9.84. The quantitative estimate of drug-likeness (QED) is 0.563. The molecular weight excluding hydrogens is 452 g/mol. The van der Waals surface area contributed by atoms with Crippen LogP contribution in [-0.4, -0.2) is 51.0 Å². The Morgan fingerprint density at radius 1 is 1.24 bits per heavy atom. The van der Waals surface area contributed by atoms with Gasteiger partial charge in [0.25, 0.3) is 0 Å². The van der Waals surface area contributed by atoms with Crippen molar-refractivity contribution in [2.24, 2.45) is 0 Å². The van der Waals surface area contributed by atoms with Crippen LogP contribution in [0.3, 0.4) is 0 Å². The Kier molecular flexibility index (Phi) is 8.48.